The summed E-state index contributed by atoms with van der Waals surface area (Å²) in [6, 6.07) is 7.24. The second-order valence-corrected chi connectivity index (χ2v) is 4.88. The molecule has 2 rings (SSSR count). The van der Waals surface area contributed by atoms with Crippen molar-refractivity contribution in [3.8, 4) is 5.75 Å². The highest BCUT2D eigenvalue weighted by atomic mass is 79.9. The van der Waals surface area contributed by atoms with E-state index in [1.807, 2.05) is 22.9 Å². The maximum absolute atomic E-state index is 12.1. The Balaban J connectivity index is 1.91. The molecule has 6 heteroatoms. The van der Waals surface area contributed by atoms with Gasteiger partial charge in [-0.2, -0.15) is 0 Å². The molecule has 1 amide bonds. The summed E-state index contributed by atoms with van der Waals surface area (Å²) in [7, 11) is 0. The Morgan fingerprint density at radius 2 is 2.25 bits per heavy atom. The summed E-state index contributed by atoms with van der Waals surface area (Å²) in [5, 5.41) is 3.60. The first-order valence-electron chi connectivity index (χ1n) is 6.33. The lowest BCUT2D eigenvalue weighted by molar-refractivity contribution is 0.0948. The van der Waals surface area contributed by atoms with Gasteiger partial charge >= 0.3 is 0 Å². The van der Waals surface area contributed by atoms with Crippen molar-refractivity contribution in [2.75, 3.05) is 18.5 Å². The number of halogens is 1. The third-order valence-electron chi connectivity index (χ3n) is 2.68. The summed E-state index contributed by atoms with van der Waals surface area (Å²) in [5.74, 6) is 0.474. The molecule has 0 unspecified atom stereocenters. The van der Waals surface area contributed by atoms with E-state index in [0.717, 1.165) is 5.33 Å². The zero-order valence-corrected chi connectivity index (χ0v) is 12.5. The van der Waals surface area contributed by atoms with Crippen LogP contribution in [-0.4, -0.2) is 33.9 Å². The average Bonchev–Trinajstić information content (AvgIpc) is 2.98. The summed E-state index contributed by atoms with van der Waals surface area (Å²) < 4.78 is 7.45. The molecule has 0 aliphatic rings. The zero-order chi connectivity index (χ0) is 14.2. The summed E-state index contributed by atoms with van der Waals surface area (Å²) >= 11 is 3.30. The number of hydrogen-bond donors (Lipinski definition) is 1. The van der Waals surface area contributed by atoms with E-state index in [0.29, 0.717) is 31.0 Å². The van der Waals surface area contributed by atoms with E-state index in [1.165, 1.54) is 0 Å². The first kappa shape index (κ1) is 14.6. The Morgan fingerprint density at radius 3 is 3.00 bits per heavy atom. The second-order valence-electron chi connectivity index (χ2n) is 4.09. The van der Waals surface area contributed by atoms with Gasteiger partial charge in [-0.3, -0.25) is 4.79 Å². The van der Waals surface area contributed by atoms with Crippen molar-refractivity contribution in [2.24, 2.45) is 0 Å². The first-order valence-corrected chi connectivity index (χ1v) is 7.45. The third-order valence-corrected chi connectivity index (χ3v) is 3.00. The quantitative estimate of drug-likeness (QED) is 0.787. The standard InChI is InChI=1S/C14H16BrN3O2/c15-5-10-20-13-4-2-1-3-12(13)14(19)17-7-9-18-8-6-16-11-18/h1-4,6,8,11H,5,7,9-10H2,(H,17,19). The molecule has 1 N–H and O–H groups in total. The Hall–Kier alpha value is -1.82. The number of nitrogens with one attached hydrogen (secondary N) is 1. The molecular formula is C14H16BrN3O2. The molecule has 0 atom stereocenters. The monoisotopic (exact) mass is 337 g/mol. The number of aromatic nitrogens is 2. The highest BCUT2D eigenvalue weighted by molar-refractivity contribution is 9.09. The fraction of sp³-hybridized carbons (Fsp3) is 0.286. The number of imidazole rings is 1. The molecule has 0 spiro atoms. The number of nitrogens with zero attached hydrogens (tertiary/aromatic N) is 2. The molecule has 0 saturated heterocycles. The normalized spacial score (nSPS) is 10.2. The van der Waals surface area contributed by atoms with Crippen LogP contribution >= 0.6 is 15.9 Å². The van der Waals surface area contributed by atoms with E-state index in [-0.39, 0.29) is 5.91 Å². The Bertz CT molecular complexity index is 543. The summed E-state index contributed by atoms with van der Waals surface area (Å²) in [6.45, 7) is 1.76. The van der Waals surface area contributed by atoms with Crippen LogP contribution in [0.25, 0.3) is 0 Å². The molecule has 0 saturated carbocycles. The van der Waals surface area contributed by atoms with Gasteiger partial charge in [0.25, 0.3) is 5.91 Å². The van der Waals surface area contributed by atoms with Crippen molar-refractivity contribution in [2.45, 2.75) is 6.54 Å². The Kier molecular flexibility index (Phi) is 5.61. The van der Waals surface area contributed by atoms with E-state index < -0.39 is 0 Å². The smallest absolute Gasteiger partial charge is 0.255 e. The van der Waals surface area contributed by atoms with E-state index in [1.54, 1.807) is 24.7 Å². The molecule has 1 aromatic carbocycles. The zero-order valence-electron chi connectivity index (χ0n) is 11.0. The van der Waals surface area contributed by atoms with Crippen molar-refractivity contribution in [1.82, 2.24) is 14.9 Å². The van der Waals surface area contributed by atoms with Crippen LogP contribution in [0.15, 0.2) is 43.0 Å². The number of ether oxygens (including phenoxy) is 1. The molecular weight excluding hydrogens is 322 g/mol. The van der Waals surface area contributed by atoms with Gasteiger partial charge in [0.1, 0.15) is 5.75 Å². The first-order chi connectivity index (χ1) is 9.81. The lowest BCUT2D eigenvalue weighted by Gasteiger charge is -2.11. The van der Waals surface area contributed by atoms with E-state index in [4.69, 9.17) is 4.74 Å². The van der Waals surface area contributed by atoms with Gasteiger partial charge in [-0.25, -0.2) is 4.98 Å². The lowest BCUT2D eigenvalue weighted by atomic mass is 10.2. The van der Waals surface area contributed by atoms with Crippen LogP contribution in [0.2, 0.25) is 0 Å². The van der Waals surface area contributed by atoms with E-state index in [9.17, 15) is 4.79 Å². The van der Waals surface area contributed by atoms with Crippen molar-refractivity contribution >= 4 is 21.8 Å². The van der Waals surface area contributed by atoms with Crippen LogP contribution in [-0.2, 0) is 6.54 Å². The number of hydrogen-bond acceptors (Lipinski definition) is 3. The summed E-state index contributed by atoms with van der Waals surface area (Å²) in [4.78, 5) is 16.1. The number of alkyl halides is 1. The van der Waals surface area contributed by atoms with E-state index >= 15 is 0 Å². The van der Waals surface area contributed by atoms with Gasteiger partial charge in [-0.15, -0.1) is 0 Å². The lowest BCUT2D eigenvalue weighted by Crippen LogP contribution is -2.27. The fourth-order valence-electron chi connectivity index (χ4n) is 1.74. The molecule has 0 radical (unpaired) electrons. The Labute approximate surface area is 126 Å². The highest BCUT2D eigenvalue weighted by Crippen LogP contribution is 2.17. The van der Waals surface area contributed by atoms with Crippen LogP contribution < -0.4 is 10.1 Å². The molecule has 1 aromatic heterocycles. The second kappa shape index (κ2) is 7.69. The number of carbonyl (C=O) groups is 1. The number of amides is 1. The van der Waals surface area contributed by atoms with Crippen LogP contribution in [0.4, 0.5) is 0 Å². The molecule has 1 heterocycles. The van der Waals surface area contributed by atoms with Gasteiger partial charge in [-0.05, 0) is 12.1 Å². The fourth-order valence-corrected chi connectivity index (χ4v) is 1.90. The number of carbonyl (C=O) groups excluding carboxylic acids is 1. The van der Waals surface area contributed by atoms with Gasteiger partial charge in [0.15, 0.2) is 0 Å². The number of para-hydroxylation sites is 1. The molecule has 2 aromatic rings. The van der Waals surface area contributed by atoms with Crippen molar-refractivity contribution in [1.29, 1.82) is 0 Å². The topological polar surface area (TPSA) is 56.2 Å². The van der Waals surface area contributed by atoms with Crippen molar-refractivity contribution in [3.05, 3.63) is 48.5 Å². The summed E-state index contributed by atoms with van der Waals surface area (Å²) in [6.07, 6.45) is 5.30. The van der Waals surface area contributed by atoms with Crippen LogP contribution in [0.1, 0.15) is 10.4 Å². The molecule has 20 heavy (non-hydrogen) atoms. The molecule has 0 bridgehead atoms. The number of benzene rings is 1. The van der Waals surface area contributed by atoms with Gasteiger partial charge in [0, 0.05) is 30.8 Å². The minimum absolute atomic E-state index is 0.129. The Morgan fingerprint density at radius 1 is 1.40 bits per heavy atom. The molecule has 106 valence electrons. The third kappa shape index (κ3) is 4.09. The average molecular weight is 338 g/mol. The highest BCUT2D eigenvalue weighted by Gasteiger charge is 2.11. The van der Waals surface area contributed by atoms with Gasteiger partial charge in [0.2, 0.25) is 0 Å². The molecule has 0 fully saturated rings. The SMILES string of the molecule is O=C(NCCn1ccnc1)c1ccccc1OCCBr. The van der Waals surface area contributed by atoms with E-state index in [2.05, 4.69) is 26.2 Å². The van der Waals surface area contributed by atoms with Crippen LogP contribution in [0, 0.1) is 0 Å². The molecule has 5 nitrogen and oxygen atoms in total. The van der Waals surface area contributed by atoms with Crippen molar-refractivity contribution in [3.63, 3.8) is 0 Å². The minimum atomic E-state index is -0.129. The predicted molar refractivity (Wildman–Crippen MR) is 80.3 cm³/mol. The molecule has 0 aliphatic carbocycles. The van der Waals surface area contributed by atoms with Gasteiger partial charge in [0.05, 0.1) is 18.5 Å². The maximum atomic E-state index is 12.1. The van der Waals surface area contributed by atoms with Gasteiger partial charge < -0.3 is 14.6 Å². The van der Waals surface area contributed by atoms with Gasteiger partial charge in [-0.1, -0.05) is 28.1 Å². The summed E-state index contributed by atoms with van der Waals surface area (Å²) in [5.41, 5.74) is 0.555. The van der Waals surface area contributed by atoms with Crippen molar-refractivity contribution < 1.29 is 9.53 Å². The molecule has 0 aliphatic heterocycles. The largest absolute Gasteiger partial charge is 0.492 e. The maximum Gasteiger partial charge on any atom is 0.255 e. The van der Waals surface area contributed by atoms with Crippen LogP contribution in [0.3, 0.4) is 0 Å². The minimum Gasteiger partial charge on any atom is -0.492 e. The predicted octanol–water partition coefficient (Wildman–Crippen LogP) is 2.09. The number of rotatable bonds is 7. The van der Waals surface area contributed by atoms with Crippen LogP contribution in [0.5, 0.6) is 5.75 Å².